The standard InChI is InChI=1S/C20H22N2O5/c1-2-27-17-9-5-14(6-10-17)18(23)11-12-21-16-7-3-15(4-8-16)20(26)22-13-19(24)25/h3-10,21H,2,11-13H2,1H3,(H,22,26)(H,24,25). The van der Waals surface area contributed by atoms with Gasteiger partial charge in [-0.3, -0.25) is 14.4 Å². The third-order valence-electron chi connectivity index (χ3n) is 3.72. The van der Waals surface area contributed by atoms with E-state index in [-0.39, 0.29) is 5.78 Å². The van der Waals surface area contributed by atoms with Crippen molar-refractivity contribution in [2.24, 2.45) is 0 Å². The molecule has 2 aromatic carbocycles. The molecule has 0 heterocycles. The van der Waals surface area contributed by atoms with Crippen LogP contribution in [0.1, 0.15) is 34.1 Å². The molecule has 7 nitrogen and oxygen atoms in total. The molecule has 0 atom stereocenters. The lowest BCUT2D eigenvalue weighted by atomic mass is 10.1. The molecule has 0 unspecified atom stereocenters. The SMILES string of the molecule is CCOc1ccc(C(=O)CCNc2ccc(C(=O)NCC(=O)O)cc2)cc1. The highest BCUT2D eigenvalue weighted by atomic mass is 16.5. The number of amides is 1. The molecule has 0 aromatic heterocycles. The van der Waals surface area contributed by atoms with Crippen LogP contribution in [0.5, 0.6) is 5.75 Å². The first kappa shape index (κ1) is 20.0. The minimum absolute atomic E-state index is 0.0233. The quantitative estimate of drug-likeness (QED) is 0.555. The molecule has 0 aliphatic heterocycles. The van der Waals surface area contributed by atoms with Crippen molar-refractivity contribution in [2.75, 3.05) is 25.0 Å². The van der Waals surface area contributed by atoms with Crippen molar-refractivity contribution in [1.29, 1.82) is 0 Å². The lowest BCUT2D eigenvalue weighted by Crippen LogP contribution is -2.29. The number of benzene rings is 2. The predicted molar refractivity (Wildman–Crippen MR) is 101 cm³/mol. The van der Waals surface area contributed by atoms with Crippen LogP contribution in [0.3, 0.4) is 0 Å². The van der Waals surface area contributed by atoms with E-state index in [0.717, 1.165) is 11.4 Å². The van der Waals surface area contributed by atoms with Gasteiger partial charge >= 0.3 is 5.97 Å². The molecular weight excluding hydrogens is 348 g/mol. The van der Waals surface area contributed by atoms with Crippen LogP contribution in [0, 0.1) is 0 Å². The van der Waals surface area contributed by atoms with E-state index in [1.165, 1.54) is 0 Å². The van der Waals surface area contributed by atoms with Crippen LogP contribution in [0.4, 0.5) is 5.69 Å². The Balaban J connectivity index is 1.80. The Hall–Kier alpha value is -3.35. The average Bonchev–Trinajstić information content (AvgIpc) is 2.67. The molecule has 3 N–H and O–H groups in total. The van der Waals surface area contributed by atoms with Gasteiger partial charge in [-0.25, -0.2) is 0 Å². The zero-order valence-electron chi connectivity index (χ0n) is 15.0. The monoisotopic (exact) mass is 370 g/mol. The Bertz CT molecular complexity index is 785. The minimum atomic E-state index is -1.10. The first-order valence-corrected chi connectivity index (χ1v) is 8.59. The molecule has 142 valence electrons. The summed E-state index contributed by atoms with van der Waals surface area (Å²) in [6, 6.07) is 13.6. The molecule has 0 saturated carbocycles. The molecule has 0 aliphatic carbocycles. The van der Waals surface area contributed by atoms with Gasteiger partial charge in [-0.05, 0) is 55.5 Å². The second kappa shape index (κ2) is 9.96. The van der Waals surface area contributed by atoms with Gasteiger partial charge in [0.1, 0.15) is 12.3 Å². The topological polar surface area (TPSA) is 105 Å². The van der Waals surface area contributed by atoms with Gasteiger partial charge in [0.2, 0.25) is 0 Å². The van der Waals surface area contributed by atoms with Crippen molar-refractivity contribution < 1.29 is 24.2 Å². The number of carboxylic acid groups (broad SMARTS) is 1. The molecule has 0 spiro atoms. The van der Waals surface area contributed by atoms with Crippen molar-refractivity contribution in [3.8, 4) is 5.75 Å². The van der Waals surface area contributed by atoms with Crippen molar-refractivity contribution in [3.63, 3.8) is 0 Å². The fraction of sp³-hybridized carbons (Fsp3) is 0.250. The number of carbonyl (C=O) groups excluding carboxylic acids is 2. The van der Waals surface area contributed by atoms with Crippen LogP contribution in [-0.4, -0.2) is 42.5 Å². The maximum absolute atomic E-state index is 12.2. The van der Waals surface area contributed by atoms with Crippen LogP contribution in [-0.2, 0) is 4.79 Å². The molecule has 0 saturated heterocycles. The molecule has 7 heteroatoms. The van der Waals surface area contributed by atoms with Crippen LogP contribution in [0.2, 0.25) is 0 Å². The summed E-state index contributed by atoms with van der Waals surface area (Å²) in [6.45, 7) is 2.51. The number of Topliss-reactive ketones (excluding diaryl/α,β-unsaturated/α-hetero) is 1. The highest BCUT2D eigenvalue weighted by Crippen LogP contribution is 2.14. The van der Waals surface area contributed by atoms with Crippen LogP contribution in [0.15, 0.2) is 48.5 Å². The van der Waals surface area contributed by atoms with Crippen LogP contribution >= 0.6 is 0 Å². The molecule has 0 fully saturated rings. The molecule has 0 radical (unpaired) electrons. The summed E-state index contributed by atoms with van der Waals surface area (Å²) in [6.07, 6.45) is 0.328. The second-order valence-corrected chi connectivity index (χ2v) is 5.71. The van der Waals surface area contributed by atoms with E-state index in [9.17, 15) is 14.4 Å². The van der Waals surface area contributed by atoms with Gasteiger partial charge in [0.05, 0.1) is 6.61 Å². The van der Waals surface area contributed by atoms with Gasteiger partial charge in [0.15, 0.2) is 5.78 Å². The number of carbonyl (C=O) groups is 3. The van der Waals surface area contributed by atoms with Crippen molar-refractivity contribution in [3.05, 3.63) is 59.7 Å². The largest absolute Gasteiger partial charge is 0.494 e. The first-order valence-electron chi connectivity index (χ1n) is 8.59. The van der Waals surface area contributed by atoms with E-state index in [1.807, 2.05) is 6.92 Å². The summed E-state index contributed by atoms with van der Waals surface area (Å²) in [5.41, 5.74) is 1.77. The minimum Gasteiger partial charge on any atom is -0.494 e. The lowest BCUT2D eigenvalue weighted by molar-refractivity contribution is -0.135. The van der Waals surface area contributed by atoms with Crippen LogP contribution in [0.25, 0.3) is 0 Å². The van der Waals surface area contributed by atoms with Crippen molar-refractivity contribution in [1.82, 2.24) is 5.32 Å². The Morgan fingerprint density at radius 1 is 0.963 bits per heavy atom. The number of anilines is 1. The maximum atomic E-state index is 12.2. The van der Waals surface area contributed by atoms with Gasteiger partial charge in [0.25, 0.3) is 5.91 Å². The van der Waals surface area contributed by atoms with E-state index in [1.54, 1.807) is 48.5 Å². The Labute approximate surface area is 157 Å². The first-order chi connectivity index (χ1) is 13.0. The molecule has 2 aromatic rings. The number of nitrogens with one attached hydrogen (secondary N) is 2. The Kier molecular flexibility index (Phi) is 7.37. The number of rotatable bonds is 10. The molecule has 2 rings (SSSR count). The zero-order chi connectivity index (χ0) is 19.6. The predicted octanol–water partition coefficient (Wildman–Crippen LogP) is 2.58. The number of ketones is 1. The van der Waals surface area contributed by atoms with E-state index in [0.29, 0.717) is 30.7 Å². The summed E-state index contributed by atoms with van der Waals surface area (Å²) in [7, 11) is 0. The highest BCUT2D eigenvalue weighted by molar-refractivity contribution is 5.97. The highest BCUT2D eigenvalue weighted by Gasteiger charge is 2.08. The number of aliphatic carboxylic acids is 1. The number of carboxylic acids is 1. The number of hydrogen-bond donors (Lipinski definition) is 3. The molecule has 27 heavy (non-hydrogen) atoms. The summed E-state index contributed by atoms with van der Waals surface area (Å²) in [5, 5.41) is 14.0. The third kappa shape index (κ3) is 6.47. The Morgan fingerprint density at radius 2 is 1.59 bits per heavy atom. The fourth-order valence-corrected chi connectivity index (χ4v) is 2.37. The van der Waals surface area contributed by atoms with Crippen molar-refractivity contribution in [2.45, 2.75) is 13.3 Å². The van der Waals surface area contributed by atoms with Gasteiger partial charge in [-0.2, -0.15) is 0 Å². The lowest BCUT2D eigenvalue weighted by Gasteiger charge is -2.08. The Morgan fingerprint density at radius 3 is 2.19 bits per heavy atom. The molecular formula is C20H22N2O5. The molecule has 0 bridgehead atoms. The fourth-order valence-electron chi connectivity index (χ4n) is 2.37. The van der Waals surface area contributed by atoms with Crippen LogP contribution < -0.4 is 15.4 Å². The second-order valence-electron chi connectivity index (χ2n) is 5.71. The smallest absolute Gasteiger partial charge is 0.322 e. The van der Waals surface area contributed by atoms with Gasteiger partial charge in [0, 0.05) is 29.8 Å². The summed E-state index contributed by atoms with van der Waals surface area (Å²) >= 11 is 0. The van der Waals surface area contributed by atoms with Gasteiger partial charge < -0.3 is 20.5 Å². The summed E-state index contributed by atoms with van der Waals surface area (Å²) in [5.74, 6) is -0.789. The van der Waals surface area contributed by atoms with Crippen molar-refractivity contribution >= 4 is 23.3 Å². The number of hydrogen-bond acceptors (Lipinski definition) is 5. The van der Waals surface area contributed by atoms with E-state index < -0.39 is 18.4 Å². The molecule has 1 amide bonds. The van der Waals surface area contributed by atoms with Gasteiger partial charge in [-0.15, -0.1) is 0 Å². The van der Waals surface area contributed by atoms with E-state index in [2.05, 4.69) is 10.6 Å². The van der Waals surface area contributed by atoms with E-state index >= 15 is 0 Å². The maximum Gasteiger partial charge on any atom is 0.322 e. The number of ether oxygens (including phenoxy) is 1. The third-order valence-corrected chi connectivity index (χ3v) is 3.72. The summed E-state index contributed by atoms with van der Waals surface area (Å²) < 4.78 is 5.35. The van der Waals surface area contributed by atoms with Gasteiger partial charge in [-0.1, -0.05) is 0 Å². The van der Waals surface area contributed by atoms with E-state index in [4.69, 9.17) is 9.84 Å². The molecule has 0 aliphatic rings. The zero-order valence-corrected chi connectivity index (χ0v) is 15.0. The normalized spacial score (nSPS) is 10.1. The average molecular weight is 370 g/mol. The summed E-state index contributed by atoms with van der Waals surface area (Å²) in [4.78, 5) is 34.4.